The first-order valence-corrected chi connectivity index (χ1v) is 6.38. The van der Waals surface area contributed by atoms with Crippen LogP contribution >= 0.6 is 0 Å². The van der Waals surface area contributed by atoms with Crippen LogP contribution in [-0.4, -0.2) is 17.9 Å². The molecule has 1 aromatic heterocycles. The quantitative estimate of drug-likeness (QED) is 0.646. The summed E-state index contributed by atoms with van der Waals surface area (Å²) in [6.45, 7) is -0.180. The van der Waals surface area contributed by atoms with Gasteiger partial charge in [0.1, 0.15) is 0 Å². The molecule has 116 valence electrons. The van der Waals surface area contributed by atoms with E-state index in [-0.39, 0.29) is 17.7 Å². The van der Waals surface area contributed by atoms with E-state index < -0.39 is 17.6 Å². The summed E-state index contributed by atoms with van der Waals surface area (Å²) in [5.41, 5.74) is -0.514. The van der Waals surface area contributed by atoms with E-state index in [2.05, 4.69) is 0 Å². The number of benzene rings is 1. The summed E-state index contributed by atoms with van der Waals surface area (Å²) in [6.07, 6.45) is -2.16. The molecule has 7 heteroatoms. The third-order valence-corrected chi connectivity index (χ3v) is 3.13. The van der Waals surface area contributed by atoms with Crippen LogP contribution in [0, 0.1) is 5.21 Å². The van der Waals surface area contributed by atoms with Gasteiger partial charge in [0.15, 0.2) is 12.4 Å². The van der Waals surface area contributed by atoms with Gasteiger partial charge in [0.25, 0.3) is 5.91 Å². The number of rotatable bonds is 3. The number of hydrogen-bond donors (Lipinski definition) is 0. The number of hydrogen-bond acceptors (Lipinski definition) is 2. The van der Waals surface area contributed by atoms with Crippen LogP contribution in [-0.2, 0) is 12.7 Å². The molecule has 22 heavy (non-hydrogen) atoms. The Morgan fingerprint density at radius 3 is 2.36 bits per heavy atom. The number of carbonyl (C=O) groups is 1. The van der Waals surface area contributed by atoms with Gasteiger partial charge in [-0.1, -0.05) is 18.2 Å². The first kappa shape index (κ1) is 15.8. The van der Waals surface area contributed by atoms with Crippen molar-refractivity contribution in [2.75, 3.05) is 7.05 Å². The summed E-state index contributed by atoms with van der Waals surface area (Å²) in [5.74, 6) is -0.461. The molecule has 1 aromatic carbocycles. The standard InChI is InChI=1S/C15H13F3N2O2/c1-19(14(21)11-6-8-20(22)9-7-11)10-12-4-2-3-5-13(12)15(16,17)18/h2-9H,10H2,1H3. The van der Waals surface area contributed by atoms with Gasteiger partial charge >= 0.3 is 6.18 Å². The van der Waals surface area contributed by atoms with Gasteiger partial charge in [0, 0.05) is 25.7 Å². The number of pyridine rings is 1. The average molecular weight is 310 g/mol. The second kappa shape index (κ2) is 6.05. The van der Waals surface area contributed by atoms with Crippen molar-refractivity contribution in [3.63, 3.8) is 0 Å². The molecular weight excluding hydrogens is 297 g/mol. The highest BCUT2D eigenvalue weighted by molar-refractivity contribution is 5.93. The molecule has 0 saturated carbocycles. The normalized spacial score (nSPS) is 11.3. The monoisotopic (exact) mass is 310 g/mol. The third-order valence-electron chi connectivity index (χ3n) is 3.13. The highest BCUT2D eigenvalue weighted by Crippen LogP contribution is 2.32. The maximum absolute atomic E-state index is 12.9. The fraction of sp³-hybridized carbons (Fsp3) is 0.200. The minimum absolute atomic E-state index is 0.0145. The minimum Gasteiger partial charge on any atom is -0.619 e. The van der Waals surface area contributed by atoms with Crippen molar-refractivity contribution in [1.29, 1.82) is 0 Å². The van der Waals surface area contributed by atoms with E-state index in [1.165, 1.54) is 42.3 Å². The highest BCUT2D eigenvalue weighted by Gasteiger charge is 2.33. The number of alkyl halides is 3. The average Bonchev–Trinajstić information content (AvgIpc) is 2.46. The molecular formula is C15H13F3N2O2. The van der Waals surface area contributed by atoms with Crippen molar-refractivity contribution in [3.05, 3.63) is 70.7 Å². The Morgan fingerprint density at radius 2 is 1.77 bits per heavy atom. The molecule has 0 spiro atoms. The predicted octanol–water partition coefficient (Wildman–Crippen LogP) is 2.61. The first-order chi connectivity index (χ1) is 10.3. The van der Waals surface area contributed by atoms with Crippen molar-refractivity contribution in [3.8, 4) is 0 Å². The topological polar surface area (TPSA) is 47.2 Å². The van der Waals surface area contributed by atoms with Crippen LogP contribution in [0.15, 0.2) is 48.8 Å². The lowest BCUT2D eigenvalue weighted by Gasteiger charge is -2.20. The van der Waals surface area contributed by atoms with Crippen LogP contribution in [0.25, 0.3) is 0 Å². The van der Waals surface area contributed by atoms with E-state index in [4.69, 9.17) is 0 Å². The minimum atomic E-state index is -4.47. The molecule has 1 heterocycles. The molecule has 0 atom stereocenters. The van der Waals surface area contributed by atoms with E-state index >= 15 is 0 Å². The fourth-order valence-electron chi connectivity index (χ4n) is 2.04. The fourth-order valence-corrected chi connectivity index (χ4v) is 2.04. The Morgan fingerprint density at radius 1 is 1.18 bits per heavy atom. The Balaban J connectivity index is 2.20. The molecule has 0 aliphatic rings. The molecule has 0 N–H and O–H groups in total. The second-order valence-corrected chi connectivity index (χ2v) is 4.76. The zero-order chi connectivity index (χ0) is 16.3. The van der Waals surface area contributed by atoms with Crippen molar-refractivity contribution in [1.82, 2.24) is 4.90 Å². The number of carbonyl (C=O) groups excluding carboxylic acids is 1. The predicted molar refractivity (Wildman–Crippen MR) is 72.6 cm³/mol. The summed E-state index contributed by atoms with van der Waals surface area (Å²) in [7, 11) is 1.41. The van der Waals surface area contributed by atoms with Gasteiger partial charge in [-0.2, -0.15) is 17.9 Å². The molecule has 0 aliphatic heterocycles. The van der Waals surface area contributed by atoms with E-state index in [0.29, 0.717) is 4.73 Å². The van der Waals surface area contributed by atoms with Crippen LogP contribution in [0.4, 0.5) is 13.2 Å². The molecule has 0 bridgehead atoms. The van der Waals surface area contributed by atoms with Crippen molar-refractivity contribution in [2.45, 2.75) is 12.7 Å². The molecule has 2 rings (SSSR count). The Kier molecular flexibility index (Phi) is 4.35. The van der Waals surface area contributed by atoms with Crippen molar-refractivity contribution < 1.29 is 22.7 Å². The van der Waals surface area contributed by atoms with Gasteiger partial charge in [-0.05, 0) is 11.6 Å². The third kappa shape index (κ3) is 3.55. The molecule has 1 amide bonds. The highest BCUT2D eigenvalue weighted by atomic mass is 19.4. The summed E-state index contributed by atoms with van der Waals surface area (Å²) in [6, 6.07) is 7.76. The summed E-state index contributed by atoms with van der Waals surface area (Å²) in [5, 5.41) is 10.9. The molecule has 0 radical (unpaired) electrons. The van der Waals surface area contributed by atoms with Gasteiger partial charge in [0.05, 0.1) is 11.1 Å². The van der Waals surface area contributed by atoms with E-state index in [1.54, 1.807) is 0 Å². The molecule has 0 unspecified atom stereocenters. The van der Waals surface area contributed by atoms with Gasteiger partial charge in [-0.25, -0.2) is 0 Å². The number of nitrogens with zero attached hydrogens (tertiary/aromatic N) is 2. The number of amides is 1. The largest absolute Gasteiger partial charge is 0.619 e. The maximum atomic E-state index is 12.9. The first-order valence-electron chi connectivity index (χ1n) is 6.38. The smallest absolute Gasteiger partial charge is 0.416 e. The lowest BCUT2D eigenvalue weighted by Crippen LogP contribution is -2.29. The molecule has 4 nitrogen and oxygen atoms in total. The number of halogens is 3. The van der Waals surface area contributed by atoms with Gasteiger partial charge < -0.3 is 10.1 Å². The van der Waals surface area contributed by atoms with Gasteiger partial charge in [-0.3, -0.25) is 4.79 Å². The molecule has 0 fully saturated rings. The summed E-state index contributed by atoms with van der Waals surface area (Å²) in [4.78, 5) is 13.3. The van der Waals surface area contributed by atoms with Gasteiger partial charge in [-0.15, -0.1) is 0 Å². The molecule has 2 aromatic rings. The van der Waals surface area contributed by atoms with E-state index in [9.17, 15) is 23.2 Å². The second-order valence-electron chi connectivity index (χ2n) is 4.76. The zero-order valence-electron chi connectivity index (χ0n) is 11.7. The van der Waals surface area contributed by atoms with Crippen molar-refractivity contribution >= 4 is 5.91 Å². The van der Waals surface area contributed by atoms with E-state index in [1.807, 2.05) is 0 Å². The SMILES string of the molecule is CN(Cc1ccccc1C(F)(F)F)C(=O)c1cc[n+]([O-])cc1. The summed E-state index contributed by atoms with van der Waals surface area (Å²) >= 11 is 0. The van der Waals surface area contributed by atoms with Crippen molar-refractivity contribution in [2.24, 2.45) is 0 Å². The Labute approximate surface area is 125 Å². The lowest BCUT2D eigenvalue weighted by molar-refractivity contribution is -0.605. The molecule has 0 aliphatic carbocycles. The van der Waals surface area contributed by atoms with Crippen LogP contribution in [0.3, 0.4) is 0 Å². The van der Waals surface area contributed by atoms with E-state index in [0.717, 1.165) is 18.5 Å². The molecule has 0 saturated heterocycles. The lowest BCUT2D eigenvalue weighted by atomic mass is 10.1. The van der Waals surface area contributed by atoms with Crippen LogP contribution < -0.4 is 4.73 Å². The maximum Gasteiger partial charge on any atom is 0.416 e. The zero-order valence-corrected chi connectivity index (χ0v) is 11.7. The summed E-state index contributed by atoms with van der Waals surface area (Å²) < 4.78 is 39.3. The van der Waals surface area contributed by atoms with Crippen LogP contribution in [0.5, 0.6) is 0 Å². The van der Waals surface area contributed by atoms with Gasteiger partial charge in [0.2, 0.25) is 0 Å². The Hall–Kier alpha value is -2.57. The van der Waals surface area contributed by atoms with Crippen LogP contribution in [0.1, 0.15) is 21.5 Å². The Bertz CT molecular complexity index is 669. The van der Waals surface area contributed by atoms with Crippen LogP contribution in [0.2, 0.25) is 0 Å². The number of aromatic nitrogens is 1.